The van der Waals surface area contributed by atoms with E-state index in [4.69, 9.17) is 5.11 Å². The summed E-state index contributed by atoms with van der Waals surface area (Å²) < 4.78 is 22.3. The molecule has 0 aromatic carbocycles. The van der Waals surface area contributed by atoms with Gasteiger partial charge < -0.3 is 15.3 Å². The fourth-order valence-electron chi connectivity index (χ4n) is 2.06. The van der Waals surface area contributed by atoms with E-state index in [9.17, 15) is 18.0 Å². The van der Waals surface area contributed by atoms with Crippen molar-refractivity contribution in [3.63, 3.8) is 0 Å². The van der Waals surface area contributed by atoms with Gasteiger partial charge in [-0.2, -0.15) is 0 Å². The van der Waals surface area contributed by atoms with E-state index >= 15 is 0 Å². The third-order valence-electron chi connectivity index (χ3n) is 3.06. The molecule has 8 heteroatoms. The fourth-order valence-corrected chi connectivity index (χ4v) is 3.30. The predicted octanol–water partition coefficient (Wildman–Crippen LogP) is -0.587. The number of aliphatic carboxylic acids is 1. The molecule has 0 aromatic heterocycles. The number of urea groups is 1. The number of nitrogens with zero attached hydrogens (tertiary/aromatic N) is 1. The number of hydrogen-bond acceptors (Lipinski definition) is 4. The third kappa shape index (κ3) is 2.81. The van der Waals surface area contributed by atoms with Crippen LogP contribution >= 0.6 is 0 Å². The molecule has 0 spiro atoms. The van der Waals surface area contributed by atoms with Gasteiger partial charge in [0.25, 0.3) is 0 Å². The zero-order valence-corrected chi connectivity index (χ0v) is 10.4. The average Bonchev–Trinajstić information content (AvgIpc) is 2.85. The smallest absolute Gasteiger partial charge is 0.317 e. The Morgan fingerprint density at radius 3 is 2.61 bits per heavy atom. The SMILES string of the molecule is O=C(O)C1CCN(C(=O)NC2C=CS(=O)(=O)C2)C1. The van der Waals surface area contributed by atoms with Crippen molar-refractivity contribution in [1.82, 2.24) is 10.2 Å². The number of nitrogens with one attached hydrogen (secondary N) is 1. The van der Waals surface area contributed by atoms with Crippen LogP contribution in [0.3, 0.4) is 0 Å². The molecule has 0 aliphatic carbocycles. The molecule has 100 valence electrons. The van der Waals surface area contributed by atoms with Gasteiger partial charge in [0, 0.05) is 18.5 Å². The summed E-state index contributed by atoms with van der Waals surface area (Å²) in [5.74, 6) is -1.57. The van der Waals surface area contributed by atoms with E-state index in [0.29, 0.717) is 13.0 Å². The van der Waals surface area contributed by atoms with Gasteiger partial charge in [-0.05, 0) is 12.5 Å². The van der Waals surface area contributed by atoms with Gasteiger partial charge in [0.1, 0.15) is 0 Å². The van der Waals surface area contributed by atoms with Gasteiger partial charge in [-0.15, -0.1) is 0 Å². The normalized spacial score (nSPS) is 29.4. The fraction of sp³-hybridized carbons (Fsp3) is 0.600. The molecule has 0 aromatic rings. The van der Waals surface area contributed by atoms with Crippen molar-refractivity contribution in [2.24, 2.45) is 5.92 Å². The lowest BCUT2D eigenvalue weighted by Crippen LogP contribution is -2.44. The van der Waals surface area contributed by atoms with Crippen molar-refractivity contribution < 1.29 is 23.1 Å². The van der Waals surface area contributed by atoms with Crippen LogP contribution in [-0.2, 0) is 14.6 Å². The van der Waals surface area contributed by atoms with Crippen LogP contribution in [-0.4, -0.2) is 55.3 Å². The molecular formula is C10H14N2O5S. The van der Waals surface area contributed by atoms with Crippen molar-refractivity contribution in [3.05, 3.63) is 11.5 Å². The second kappa shape index (κ2) is 4.60. The Balaban J connectivity index is 1.87. The standard InChI is InChI=1S/C10H14N2O5S/c13-9(14)7-1-3-12(5-7)10(15)11-8-2-4-18(16,17)6-8/h2,4,7-8H,1,3,5-6H2,(H,11,15)(H,13,14). The van der Waals surface area contributed by atoms with E-state index in [-0.39, 0.29) is 12.3 Å². The molecule has 0 radical (unpaired) electrons. The quantitative estimate of drug-likeness (QED) is 0.700. The molecule has 2 N–H and O–H groups in total. The van der Waals surface area contributed by atoms with E-state index in [1.807, 2.05) is 0 Å². The van der Waals surface area contributed by atoms with Gasteiger partial charge in [0.15, 0.2) is 9.84 Å². The molecule has 2 rings (SSSR count). The largest absolute Gasteiger partial charge is 0.481 e. The van der Waals surface area contributed by atoms with Gasteiger partial charge in [-0.1, -0.05) is 0 Å². The molecule has 1 saturated heterocycles. The monoisotopic (exact) mass is 274 g/mol. The lowest BCUT2D eigenvalue weighted by atomic mass is 10.1. The Morgan fingerprint density at radius 1 is 1.39 bits per heavy atom. The van der Waals surface area contributed by atoms with Crippen molar-refractivity contribution >= 4 is 21.8 Å². The molecule has 2 heterocycles. The second-order valence-corrected chi connectivity index (χ2v) is 6.42. The lowest BCUT2D eigenvalue weighted by molar-refractivity contribution is -0.141. The highest BCUT2D eigenvalue weighted by atomic mass is 32.2. The molecule has 1 fully saturated rings. The number of carboxylic acids is 1. The average molecular weight is 274 g/mol. The van der Waals surface area contributed by atoms with Crippen molar-refractivity contribution in [2.75, 3.05) is 18.8 Å². The molecule has 2 atom stereocenters. The van der Waals surface area contributed by atoms with Gasteiger partial charge in [0.2, 0.25) is 0 Å². The summed E-state index contributed by atoms with van der Waals surface area (Å²) in [5.41, 5.74) is 0. The zero-order valence-electron chi connectivity index (χ0n) is 9.57. The summed E-state index contributed by atoms with van der Waals surface area (Å²) in [6.45, 7) is 0.552. The summed E-state index contributed by atoms with van der Waals surface area (Å²) in [6.07, 6.45) is 1.86. The van der Waals surface area contributed by atoms with Crippen LogP contribution in [0.1, 0.15) is 6.42 Å². The summed E-state index contributed by atoms with van der Waals surface area (Å²) in [5, 5.41) is 12.5. The van der Waals surface area contributed by atoms with Crippen LogP contribution in [0.2, 0.25) is 0 Å². The van der Waals surface area contributed by atoms with E-state index in [0.717, 1.165) is 5.41 Å². The minimum absolute atomic E-state index is 0.130. The summed E-state index contributed by atoms with van der Waals surface area (Å²) in [7, 11) is -3.20. The van der Waals surface area contributed by atoms with E-state index < -0.39 is 33.8 Å². The maximum atomic E-state index is 11.8. The van der Waals surface area contributed by atoms with Gasteiger partial charge in [-0.3, -0.25) is 4.79 Å². The van der Waals surface area contributed by atoms with Crippen LogP contribution in [0.25, 0.3) is 0 Å². The topological polar surface area (TPSA) is 104 Å². The van der Waals surface area contributed by atoms with Gasteiger partial charge in [-0.25, -0.2) is 13.2 Å². The molecule has 2 aliphatic heterocycles. The summed E-state index contributed by atoms with van der Waals surface area (Å²) >= 11 is 0. The number of hydrogen-bond donors (Lipinski definition) is 2. The zero-order chi connectivity index (χ0) is 13.3. The highest BCUT2D eigenvalue weighted by Gasteiger charge is 2.32. The van der Waals surface area contributed by atoms with Crippen LogP contribution in [0.15, 0.2) is 11.5 Å². The first-order valence-electron chi connectivity index (χ1n) is 5.56. The maximum absolute atomic E-state index is 11.8. The second-order valence-electron chi connectivity index (χ2n) is 4.48. The highest BCUT2D eigenvalue weighted by molar-refractivity contribution is 7.94. The molecule has 2 aliphatic rings. The van der Waals surface area contributed by atoms with Crippen LogP contribution < -0.4 is 5.32 Å². The molecular weight excluding hydrogens is 260 g/mol. The number of rotatable bonds is 2. The Kier molecular flexibility index (Phi) is 3.29. The number of likely N-dealkylation sites (tertiary alicyclic amines) is 1. The Morgan fingerprint density at radius 2 is 2.11 bits per heavy atom. The van der Waals surface area contributed by atoms with E-state index in [1.54, 1.807) is 0 Å². The Bertz CT molecular complexity index is 498. The highest BCUT2D eigenvalue weighted by Crippen LogP contribution is 2.17. The lowest BCUT2D eigenvalue weighted by Gasteiger charge is -2.19. The number of sulfone groups is 1. The van der Waals surface area contributed by atoms with Crippen LogP contribution in [0, 0.1) is 5.92 Å². The molecule has 7 nitrogen and oxygen atoms in total. The minimum Gasteiger partial charge on any atom is -0.481 e. The molecule has 18 heavy (non-hydrogen) atoms. The minimum atomic E-state index is -3.20. The summed E-state index contributed by atoms with van der Waals surface area (Å²) in [4.78, 5) is 23.9. The van der Waals surface area contributed by atoms with Crippen LogP contribution in [0.5, 0.6) is 0 Å². The Labute approximate surface area is 104 Å². The molecule has 2 unspecified atom stereocenters. The van der Waals surface area contributed by atoms with Crippen molar-refractivity contribution in [1.29, 1.82) is 0 Å². The third-order valence-corrected chi connectivity index (χ3v) is 4.46. The molecule has 2 amide bonds. The number of carboxylic acid groups (broad SMARTS) is 1. The Hall–Kier alpha value is -1.57. The van der Waals surface area contributed by atoms with E-state index in [1.165, 1.54) is 11.0 Å². The number of carbonyl (C=O) groups is 2. The molecule has 0 bridgehead atoms. The number of amides is 2. The number of carbonyl (C=O) groups excluding carboxylic acids is 1. The predicted molar refractivity (Wildman–Crippen MR) is 62.6 cm³/mol. The van der Waals surface area contributed by atoms with Crippen LogP contribution in [0.4, 0.5) is 4.79 Å². The first-order valence-corrected chi connectivity index (χ1v) is 7.28. The first-order chi connectivity index (χ1) is 8.37. The van der Waals surface area contributed by atoms with Gasteiger partial charge >= 0.3 is 12.0 Å². The first kappa shape index (κ1) is 12.9. The van der Waals surface area contributed by atoms with Gasteiger partial charge in [0.05, 0.1) is 17.7 Å². The van der Waals surface area contributed by atoms with E-state index in [2.05, 4.69) is 5.32 Å². The maximum Gasteiger partial charge on any atom is 0.317 e. The van der Waals surface area contributed by atoms with Crippen molar-refractivity contribution in [2.45, 2.75) is 12.5 Å². The summed E-state index contributed by atoms with van der Waals surface area (Å²) in [6, 6.07) is -0.933. The van der Waals surface area contributed by atoms with Crippen molar-refractivity contribution in [3.8, 4) is 0 Å². The molecule has 0 saturated carbocycles.